The minimum Gasteiger partial charge on any atom is -0.309 e. The summed E-state index contributed by atoms with van der Waals surface area (Å²) >= 11 is 4.88. The van der Waals surface area contributed by atoms with Crippen molar-refractivity contribution < 1.29 is 4.79 Å². The summed E-state index contributed by atoms with van der Waals surface area (Å²) in [6, 6.07) is 5.57. The molecular formula is C12H11BrN2OS. The van der Waals surface area contributed by atoms with Gasteiger partial charge in [-0.05, 0) is 46.6 Å². The Kier molecular flexibility index (Phi) is 3.59. The fourth-order valence-electron chi connectivity index (χ4n) is 1.40. The molecule has 0 bridgehead atoms. The molecule has 17 heavy (non-hydrogen) atoms. The van der Waals surface area contributed by atoms with Crippen LogP contribution in [-0.2, 0) is 0 Å². The number of hydrogen-bond acceptors (Lipinski definition) is 3. The molecule has 5 heteroatoms. The van der Waals surface area contributed by atoms with Crippen molar-refractivity contribution in [3.05, 3.63) is 44.8 Å². The van der Waals surface area contributed by atoms with Crippen LogP contribution >= 0.6 is 27.3 Å². The maximum absolute atomic E-state index is 12.2. The number of thiophene rings is 1. The van der Waals surface area contributed by atoms with E-state index in [0.29, 0.717) is 0 Å². The SMILES string of the molecule is Cc1cc(C(=O)N(C)c2cccnc2)sc1Br. The van der Waals surface area contributed by atoms with Gasteiger partial charge in [-0.2, -0.15) is 0 Å². The molecule has 2 heterocycles. The predicted molar refractivity (Wildman–Crippen MR) is 73.7 cm³/mol. The summed E-state index contributed by atoms with van der Waals surface area (Å²) in [5.74, 6) is -0.0169. The Morgan fingerprint density at radius 2 is 2.29 bits per heavy atom. The quantitative estimate of drug-likeness (QED) is 0.850. The molecule has 0 spiro atoms. The highest BCUT2D eigenvalue weighted by atomic mass is 79.9. The highest BCUT2D eigenvalue weighted by Crippen LogP contribution is 2.28. The molecule has 0 atom stereocenters. The van der Waals surface area contributed by atoms with Gasteiger partial charge in [0, 0.05) is 13.2 Å². The number of nitrogens with zero attached hydrogens (tertiary/aromatic N) is 2. The van der Waals surface area contributed by atoms with Crippen molar-refractivity contribution in [3.63, 3.8) is 0 Å². The lowest BCUT2D eigenvalue weighted by atomic mass is 10.3. The van der Waals surface area contributed by atoms with Crippen LogP contribution in [0.15, 0.2) is 34.4 Å². The van der Waals surface area contributed by atoms with E-state index >= 15 is 0 Å². The molecule has 0 radical (unpaired) electrons. The number of aryl methyl sites for hydroxylation is 1. The van der Waals surface area contributed by atoms with Crippen molar-refractivity contribution in [1.29, 1.82) is 0 Å². The summed E-state index contributed by atoms with van der Waals surface area (Å²) in [7, 11) is 1.75. The van der Waals surface area contributed by atoms with Crippen molar-refractivity contribution >= 4 is 38.9 Å². The zero-order valence-electron chi connectivity index (χ0n) is 9.48. The van der Waals surface area contributed by atoms with Crippen molar-refractivity contribution in [2.75, 3.05) is 11.9 Å². The highest BCUT2D eigenvalue weighted by Gasteiger charge is 2.16. The Hall–Kier alpha value is -1.20. The minimum absolute atomic E-state index is 0.0169. The third kappa shape index (κ3) is 2.56. The Bertz CT molecular complexity index is 519. The van der Waals surface area contributed by atoms with Crippen LogP contribution in [0.25, 0.3) is 0 Å². The number of hydrogen-bond donors (Lipinski definition) is 0. The molecule has 0 aliphatic carbocycles. The standard InChI is InChI=1S/C12H11BrN2OS/c1-8-6-10(17-11(8)13)12(16)15(2)9-4-3-5-14-7-9/h3-7H,1-2H3. The number of amides is 1. The van der Waals surface area contributed by atoms with E-state index in [9.17, 15) is 4.79 Å². The molecule has 0 saturated carbocycles. The molecule has 1 amide bonds. The van der Waals surface area contributed by atoms with E-state index in [1.165, 1.54) is 11.3 Å². The zero-order valence-corrected chi connectivity index (χ0v) is 11.9. The van der Waals surface area contributed by atoms with Crippen LogP contribution in [0.2, 0.25) is 0 Å². The van der Waals surface area contributed by atoms with E-state index in [-0.39, 0.29) is 5.91 Å². The Morgan fingerprint density at radius 1 is 1.53 bits per heavy atom. The summed E-state index contributed by atoms with van der Waals surface area (Å²) in [4.78, 5) is 18.5. The van der Waals surface area contributed by atoms with Gasteiger partial charge in [0.25, 0.3) is 5.91 Å². The first-order chi connectivity index (χ1) is 8.09. The minimum atomic E-state index is -0.0169. The Morgan fingerprint density at radius 3 is 2.82 bits per heavy atom. The number of rotatable bonds is 2. The lowest BCUT2D eigenvalue weighted by Crippen LogP contribution is -2.25. The summed E-state index contributed by atoms with van der Waals surface area (Å²) in [5.41, 5.74) is 1.87. The van der Waals surface area contributed by atoms with Crippen molar-refractivity contribution in [3.8, 4) is 0 Å². The molecule has 2 aromatic heterocycles. The average molecular weight is 311 g/mol. The van der Waals surface area contributed by atoms with Gasteiger partial charge in [0.1, 0.15) is 0 Å². The number of halogens is 1. The monoisotopic (exact) mass is 310 g/mol. The zero-order chi connectivity index (χ0) is 12.4. The summed E-state index contributed by atoms with van der Waals surface area (Å²) in [6.07, 6.45) is 3.36. The second-order valence-corrected chi connectivity index (χ2v) is 6.01. The lowest BCUT2D eigenvalue weighted by Gasteiger charge is -2.15. The first-order valence-corrected chi connectivity index (χ1v) is 6.64. The first kappa shape index (κ1) is 12.3. The van der Waals surface area contributed by atoms with Gasteiger partial charge in [0.2, 0.25) is 0 Å². The highest BCUT2D eigenvalue weighted by molar-refractivity contribution is 9.11. The topological polar surface area (TPSA) is 33.2 Å². The van der Waals surface area contributed by atoms with E-state index in [4.69, 9.17) is 0 Å². The summed E-state index contributed by atoms with van der Waals surface area (Å²) < 4.78 is 1.00. The fourth-order valence-corrected chi connectivity index (χ4v) is 2.91. The number of anilines is 1. The maximum Gasteiger partial charge on any atom is 0.268 e. The van der Waals surface area contributed by atoms with Gasteiger partial charge >= 0.3 is 0 Å². The second-order valence-electron chi connectivity index (χ2n) is 3.64. The summed E-state index contributed by atoms with van der Waals surface area (Å²) in [6.45, 7) is 1.97. The molecule has 2 rings (SSSR count). The van der Waals surface area contributed by atoms with Crippen LogP contribution in [0.5, 0.6) is 0 Å². The molecule has 0 saturated heterocycles. The van der Waals surface area contributed by atoms with Crippen molar-refractivity contribution in [2.45, 2.75) is 6.92 Å². The van der Waals surface area contributed by atoms with E-state index < -0.39 is 0 Å². The van der Waals surface area contributed by atoms with Gasteiger partial charge in [-0.15, -0.1) is 11.3 Å². The number of pyridine rings is 1. The molecule has 0 aliphatic heterocycles. The molecule has 88 valence electrons. The number of carbonyl (C=O) groups excluding carboxylic acids is 1. The number of carbonyl (C=O) groups is 1. The van der Waals surface area contributed by atoms with E-state index in [1.807, 2.05) is 25.1 Å². The molecule has 0 N–H and O–H groups in total. The molecule has 0 aliphatic rings. The molecular weight excluding hydrogens is 300 g/mol. The molecule has 3 nitrogen and oxygen atoms in total. The molecule has 0 unspecified atom stereocenters. The van der Waals surface area contributed by atoms with Crippen molar-refractivity contribution in [2.24, 2.45) is 0 Å². The fraction of sp³-hybridized carbons (Fsp3) is 0.167. The number of aromatic nitrogens is 1. The van der Waals surface area contributed by atoms with E-state index in [1.54, 1.807) is 24.3 Å². The maximum atomic E-state index is 12.2. The molecule has 0 aromatic carbocycles. The Balaban J connectivity index is 2.26. The molecule has 2 aromatic rings. The van der Waals surface area contributed by atoms with E-state index in [2.05, 4.69) is 20.9 Å². The van der Waals surface area contributed by atoms with Crippen LogP contribution in [0.3, 0.4) is 0 Å². The van der Waals surface area contributed by atoms with Crippen LogP contribution in [0.1, 0.15) is 15.2 Å². The first-order valence-electron chi connectivity index (χ1n) is 5.03. The Labute approximate surface area is 112 Å². The van der Waals surface area contributed by atoms with Crippen LogP contribution in [0.4, 0.5) is 5.69 Å². The normalized spacial score (nSPS) is 10.3. The predicted octanol–water partition coefficient (Wildman–Crippen LogP) is 3.49. The molecule has 0 fully saturated rings. The third-order valence-electron chi connectivity index (χ3n) is 2.41. The smallest absolute Gasteiger partial charge is 0.268 e. The van der Waals surface area contributed by atoms with Gasteiger partial charge < -0.3 is 4.90 Å². The largest absolute Gasteiger partial charge is 0.309 e. The van der Waals surface area contributed by atoms with Crippen molar-refractivity contribution in [1.82, 2.24) is 4.98 Å². The second kappa shape index (κ2) is 4.98. The van der Waals surface area contributed by atoms with Crippen LogP contribution in [-0.4, -0.2) is 17.9 Å². The summed E-state index contributed by atoms with van der Waals surface area (Å²) in [5, 5.41) is 0. The third-order valence-corrected chi connectivity index (χ3v) is 4.53. The lowest BCUT2D eigenvalue weighted by molar-refractivity contribution is 0.0996. The van der Waals surface area contributed by atoms with Gasteiger partial charge in [-0.25, -0.2) is 0 Å². The van der Waals surface area contributed by atoms with Crippen LogP contribution in [0, 0.1) is 6.92 Å². The van der Waals surface area contributed by atoms with Gasteiger partial charge in [0.05, 0.1) is 20.5 Å². The van der Waals surface area contributed by atoms with E-state index in [0.717, 1.165) is 19.9 Å². The van der Waals surface area contributed by atoms with Gasteiger partial charge in [-0.3, -0.25) is 9.78 Å². The van der Waals surface area contributed by atoms with Gasteiger partial charge in [-0.1, -0.05) is 0 Å². The van der Waals surface area contributed by atoms with Crippen LogP contribution < -0.4 is 4.90 Å². The average Bonchev–Trinajstić information content (AvgIpc) is 2.69. The van der Waals surface area contributed by atoms with Gasteiger partial charge in [0.15, 0.2) is 0 Å².